The van der Waals surface area contributed by atoms with Gasteiger partial charge >= 0.3 is 0 Å². The maximum atomic E-state index is 13.0. The summed E-state index contributed by atoms with van der Waals surface area (Å²) in [5.41, 5.74) is 3.05. The molecule has 1 aromatic carbocycles. The monoisotopic (exact) mass is 357 g/mol. The molecule has 26 heavy (non-hydrogen) atoms. The van der Waals surface area contributed by atoms with E-state index in [2.05, 4.69) is 15.3 Å². The Hall–Kier alpha value is -2.54. The lowest BCUT2D eigenvalue weighted by Gasteiger charge is -2.41. The number of H-pyrrole nitrogens is 1. The second kappa shape index (κ2) is 6.64. The SMILES string of the molecule is COc1cc(OC)cc(C(=O)N2CCC3(CC2)[NH2+]CCc2[nH]cnc23)c1. The summed E-state index contributed by atoms with van der Waals surface area (Å²) in [6.45, 7) is 2.51. The highest BCUT2D eigenvalue weighted by Crippen LogP contribution is 2.32. The number of benzene rings is 1. The van der Waals surface area contributed by atoms with Crippen LogP contribution in [0.2, 0.25) is 0 Å². The predicted octanol–water partition coefficient (Wildman–Crippen LogP) is 0.678. The molecule has 0 bridgehead atoms. The fraction of sp³-hybridized carbons (Fsp3) is 0.474. The highest BCUT2D eigenvalue weighted by molar-refractivity contribution is 5.95. The van der Waals surface area contributed by atoms with Crippen molar-refractivity contribution in [3.8, 4) is 11.5 Å². The summed E-state index contributed by atoms with van der Waals surface area (Å²) in [6.07, 6.45) is 4.66. The molecule has 3 N–H and O–H groups in total. The first-order valence-electron chi connectivity index (χ1n) is 9.05. The van der Waals surface area contributed by atoms with E-state index < -0.39 is 0 Å². The number of imidazole rings is 1. The molecule has 0 saturated carbocycles. The quantitative estimate of drug-likeness (QED) is 0.846. The normalized spacial score (nSPS) is 18.5. The van der Waals surface area contributed by atoms with Gasteiger partial charge in [0.25, 0.3) is 5.91 Å². The molecule has 1 amide bonds. The van der Waals surface area contributed by atoms with Crippen LogP contribution in [0.5, 0.6) is 11.5 Å². The Morgan fingerprint density at radius 2 is 1.88 bits per heavy atom. The second-order valence-electron chi connectivity index (χ2n) is 7.02. The number of nitrogens with zero attached hydrogens (tertiary/aromatic N) is 2. The van der Waals surface area contributed by atoms with Crippen LogP contribution in [0.1, 0.15) is 34.6 Å². The molecule has 2 aliphatic heterocycles. The molecule has 4 rings (SSSR count). The van der Waals surface area contributed by atoms with E-state index in [1.807, 2.05) is 4.90 Å². The molecule has 2 aromatic rings. The highest BCUT2D eigenvalue weighted by Gasteiger charge is 2.45. The fourth-order valence-corrected chi connectivity index (χ4v) is 4.19. The molecule has 0 radical (unpaired) electrons. The molecule has 0 unspecified atom stereocenters. The molecule has 138 valence electrons. The van der Waals surface area contributed by atoms with Crippen molar-refractivity contribution in [1.29, 1.82) is 0 Å². The summed E-state index contributed by atoms with van der Waals surface area (Å²) in [4.78, 5) is 22.8. The van der Waals surface area contributed by atoms with Gasteiger partial charge in [0.15, 0.2) is 0 Å². The third-order valence-electron chi connectivity index (χ3n) is 5.66. The zero-order valence-electron chi connectivity index (χ0n) is 15.2. The number of hydrogen-bond donors (Lipinski definition) is 2. The van der Waals surface area contributed by atoms with Crippen molar-refractivity contribution in [2.24, 2.45) is 0 Å². The van der Waals surface area contributed by atoms with E-state index in [1.165, 1.54) is 11.4 Å². The molecule has 7 nitrogen and oxygen atoms in total. The maximum absolute atomic E-state index is 13.0. The van der Waals surface area contributed by atoms with Crippen molar-refractivity contribution in [1.82, 2.24) is 14.9 Å². The van der Waals surface area contributed by atoms with E-state index in [4.69, 9.17) is 9.47 Å². The Morgan fingerprint density at radius 1 is 1.19 bits per heavy atom. The molecule has 0 aliphatic carbocycles. The first-order valence-corrected chi connectivity index (χ1v) is 9.05. The minimum absolute atomic E-state index is 0.0103. The number of nitrogens with one attached hydrogen (secondary N) is 1. The molecule has 2 aliphatic rings. The maximum Gasteiger partial charge on any atom is 0.254 e. The molecular formula is C19H25N4O3+. The number of methoxy groups -OCH3 is 2. The first-order chi connectivity index (χ1) is 12.6. The van der Waals surface area contributed by atoms with Crippen LogP contribution >= 0.6 is 0 Å². The number of aromatic nitrogens is 2. The van der Waals surface area contributed by atoms with Gasteiger partial charge in [0.05, 0.1) is 27.1 Å². The van der Waals surface area contributed by atoms with Crippen molar-refractivity contribution >= 4 is 5.91 Å². The molecule has 1 spiro atoms. The number of hydrogen-bond acceptors (Lipinski definition) is 4. The Kier molecular flexibility index (Phi) is 4.32. The minimum atomic E-state index is 0.0103. The number of carbonyl (C=O) groups excluding carboxylic acids is 1. The summed E-state index contributed by atoms with van der Waals surface area (Å²) in [6, 6.07) is 5.32. The van der Waals surface area contributed by atoms with Gasteiger partial charge in [-0.25, -0.2) is 4.98 Å². The average Bonchev–Trinajstić information content (AvgIpc) is 3.18. The number of amides is 1. The summed E-state index contributed by atoms with van der Waals surface area (Å²) in [5.74, 6) is 1.28. The van der Waals surface area contributed by atoms with Gasteiger partial charge in [-0.05, 0) is 12.1 Å². The van der Waals surface area contributed by atoms with Crippen LogP contribution in [0, 0.1) is 0 Å². The van der Waals surface area contributed by atoms with Crippen molar-refractivity contribution in [3.05, 3.63) is 41.5 Å². The van der Waals surface area contributed by atoms with Crippen molar-refractivity contribution in [2.75, 3.05) is 33.9 Å². The van der Waals surface area contributed by atoms with Gasteiger partial charge < -0.3 is 24.7 Å². The number of nitrogens with two attached hydrogens (primary N) is 1. The largest absolute Gasteiger partial charge is 0.497 e. The molecule has 0 atom stereocenters. The van der Waals surface area contributed by atoms with Crippen LogP contribution in [0.25, 0.3) is 0 Å². The van der Waals surface area contributed by atoms with Gasteiger partial charge in [0.1, 0.15) is 22.7 Å². The lowest BCUT2D eigenvalue weighted by molar-refractivity contribution is -0.743. The summed E-state index contributed by atoms with van der Waals surface area (Å²) >= 11 is 0. The Balaban J connectivity index is 1.52. The second-order valence-corrected chi connectivity index (χ2v) is 7.02. The number of fused-ring (bicyclic) bond motifs is 2. The van der Waals surface area contributed by atoms with Gasteiger partial charge in [0.2, 0.25) is 0 Å². The van der Waals surface area contributed by atoms with Crippen molar-refractivity contribution in [3.63, 3.8) is 0 Å². The summed E-state index contributed by atoms with van der Waals surface area (Å²) in [5, 5.41) is 2.41. The van der Waals surface area contributed by atoms with Gasteiger partial charge in [-0.15, -0.1) is 0 Å². The Morgan fingerprint density at radius 3 is 2.54 bits per heavy atom. The number of aromatic amines is 1. The van der Waals surface area contributed by atoms with Gasteiger partial charge in [-0.2, -0.15) is 0 Å². The summed E-state index contributed by atoms with van der Waals surface area (Å²) in [7, 11) is 3.18. The molecule has 7 heteroatoms. The number of carbonyl (C=O) groups is 1. The van der Waals surface area contributed by atoms with Crippen LogP contribution in [0.4, 0.5) is 0 Å². The van der Waals surface area contributed by atoms with Gasteiger partial charge in [-0.1, -0.05) is 0 Å². The predicted molar refractivity (Wildman–Crippen MR) is 95.4 cm³/mol. The van der Waals surface area contributed by atoms with Crippen molar-refractivity contribution in [2.45, 2.75) is 24.8 Å². The van der Waals surface area contributed by atoms with E-state index in [-0.39, 0.29) is 11.4 Å². The fourth-order valence-electron chi connectivity index (χ4n) is 4.19. The van der Waals surface area contributed by atoms with E-state index in [9.17, 15) is 4.79 Å². The number of likely N-dealkylation sites (tertiary alicyclic amines) is 1. The van der Waals surface area contributed by atoms with E-state index >= 15 is 0 Å². The zero-order valence-corrected chi connectivity index (χ0v) is 15.2. The van der Waals surface area contributed by atoms with E-state index in [0.29, 0.717) is 17.1 Å². The number of piperidine rings is 1. The number of quaternary nitrogens is 1. The van der Waals surface area contributed by atoms with Gasteiger partial charge in [-0.3, -0.25) is 4.79 Å². The van der Waals surface area contributed by atoms with Gasteiger partial charge in [0, 0.05) is 49.7 Å². The number of rotatable bonds is 3. The molecular weight excluding hydrogens is 332 g/mol. The van der Waals surface area contributed by atoms with Crippen molar-refractivity contribution < 1.29 is 19.6 Å². The lowest BCUT2D eigenvalue weighted by atomic mass is 9.80. The third kappa shape index (κ3) is 2.82. The zero-order chi connectivity index (χ0) is 18.1. The average molecular weight is 357 g/mol. The molecule has 1 saturated heterocycles. The minimum Gasteiger partial charge on any atom is -0.497 e. The first kappa shape index (κ1) is 16.9. The number of ether oxygens (including phenoxy) is 2. The van der Waals surface area contributed by atoms with E-state index in [1.54, 1.807) is 38.7 Å². The molecule has 1 aromatic heterocycles. The highest BCUT2D eigenvalue weighted by atomic mass is 16.5. The molecule has 3 heterocycles. The van der Waals surface area contributed by atoms with Crippen LogP contribution in [-0.4, -0.2) is 54.6 Å². The van der Waals surface area contributed by atoms with Crippen LogP contribution < -0.4 is 14.8 Å². The standard InChI is InChI=1S/C19H24N4O3/c1-25-14-9-13(10-15(11-14)26-2)18(24)23-7-4-19(5-8-23)17-16(3-6-22-19)20-12-21-17/h9-12,22H,3-8H2,1-2H3,(H,20,21)/p+1. The van der Waals surface area contributed by atoms with Crippen LogP contribution in [0.15, 0.2) is 24.5 Å². The lowest BCUT2D eigenvalue weighted by Crippen LogP contribution is -2.97. The summed E-state index contributed by atoms with van der Waals surface area (Å²) < 4.78 is 10.6. The smallest absolute Gasteiger partial charge is 0.254 e. The third-order valence-corrected chi connectivity index (χ3v) is 5.66. The van der Waals surface area contributed by atoms with Crippen LogP contribution in [-0.2, 0) is 12.0 Å². The molecule has 1 fully saturated rings. The Bertz CT molecular complexity index is 787. The van der Waals surface area contributed by atoms with Crippen LogP contribution in [0.3, 0.4) is 0 Å². The topological polar surface area (TPSA) is 84.1 Å². The Labute approximate surface area is 152 Å². The van der Waals surface area contributed by atoms with E-state index in [0.717, 1.165) is 38.9 Å².